The number of carboxylic acids is 1. The van der Waals surface area contributed by atoms with E-state index in [2.05, 4.69) is 4.98 Å². The number of carbonyl (C=O) groups is 1. The predicted octanol–water partition coefficient (Wildman–Crippen LogP) is 4.34. The maximum absolute atomic E-state index is 11.0. The van der Waals surface area contributed by atoms with Crippen LogP contribution < -0.4 is 4.74 Å². The van der Waals surface area contributed by atoms with Crippen molar-refractivity contribution in [3.05, 3.63) is 45.0 Å². The minimum atomic E-state index is -0.972. The van der Waals surface area contributed by atoms with E-state index in [1.165, 1.54) is 13.3 Å². The molecule has 0 bridgehead atoms. The minimum absolute atomic E-state index is 0.190. The summed E-state index contributed by atoms with van der Waals surface area (Å²) in [5.41, 5.74) is 1.66. The molecule has 4 nitrogen and oxygen atoms in total. The van der Waals surface area contributed by atoms with Gasteiger partial charge < -0.3 is 9.84 Å². The van der Waals surface area contributed by atoms with Gasteiger partial charge in [-0.3, -0.25) is 4.79 Å². The Bertz CT molecular complexity index is 704. The van der Waals surface area contributed by atoms with Gasteiger partial charge in [-0.1, -0.05) is 40.9 Å². The Morgan fingerprint density at radius 1 is 1.24 bits per heavy atom. The molecule has 2 rings (SSSR count). The molecule has 0 aliphatic rings. The quantitative estimate of drug-likeness (QED) is 0.836. The van der Waals surface area contributed by atoms with Crippen LogP contribution in [0.15, 0.2) is 24.4 Å². The SMILES string of the molecule is COc1cc(CC(=O)O)c(-c2ccc(Cl)c(Cl)c2Cl)cn1. The number of halogens is 3. The van der Waals surface area contributed by atoms with Crippen molar-refractivity contribution in [2.75, 3.05) is 7.11 Å². The molecule has 1 heterocycles. The zero-order chi connectivity index (χ0) is 15.6. The summed E-state index contributed by atoms with van der Waals surface area (Å²) >= 11 is 18.1. The van der Waals surface area contributed by atoms with Gasteiger partial charge in [0, 0.05) is 23.4 Å². The standard InChI is InChI=1S/C14H10Cl3NO3/c1-21-11-4-7(5-12(19)20)9(6-18-11)8-2-3-10(15)14(17)13(8)16/h2-4,6H,5H2,1H3,(H,19,20). The van der Waals surface area contributed by atoms with Crippen LogP contribution in [0.3, 0.4) is 0 Å². The maximum Gasteiger partial charge on any atom is 0.307 e. The van der Waals surface area contributed by atoms with E-state index in [1.807, 2.05) is 0 Å². The van der Waals surface area contributed by atoms with Crippen LogP contribution in [0.25, 0.3) is 11.1 Å². The van der Waals surface area contributed by atoms with Crippen LogP contribution in [0.1, 0.15) is 5.56 Å². The number of hydrogen-bond acceptors (Lipinski definition) is 3. The first-order chi connectivity index (χ1) is 9.93. The molecule has 0 radical (unpaired) electrons. The van der Waals surface area contributed by atoms with Crippen molar-refractivity contribution in [3.63, 3.8) is 0 Å². The van der Waals surface area contributed by atoms with E-state index >= 15 is 0 Å². The Hall–Kier alpha value is -1.49. The van der Waals surface area contributed by atoms with Gasteiger partial charge in [-0.2, -0.15) is 0 Å². The van der Waals surface area contributed by atoms with Crippen molar-refractivity contribution in [1.82, 2.24) is 4.98 Å². The molecule has 1 N–H and O–H groups in total. The first-order valence-electron chi connectivity index (χ1n) is 5.82. The highest BCUT2D eigenvalue weighted by molar-refractivity contribution is 6.49. The number of pyridine rings is 1. The van der Waals surface area contributed by atoms with Crippen LogP contribution >= 0.6 is 34.8 Å². The number of carboxylic acid groups (broad SMARTS) is 1. The molecule has 1 aromatic carbocycles. The van der Waals surface area contributed by atoms with E-state index in [-0.39, 0.29) is 16.5 Å². The van der Waals surface area contributed by atoms with Crippen molar-refractivity contribution in [2.45, 2.75) is 6.42 Å². The Morgan fingerprint density at radius 3 is 2.57 bits per heavy atom. The monoisotopic (exact) mass is 345 g/mol. The summed E-state index contributed by atoms with van der Waals surface area (Å²) in [7, 11) is 1.46. The highest BCUT2D eigenvalue weighted by Crippen LogP contribution is 2.39. The second-order valence-corrected chi connectivity index (χ2v) is 5.34. The molecule has 21 heavy (non-hydrogen) atoms. The molecule has 0 atom stereocenters. The topological polar surface area (TPSA) is 59.4 Å². The molecule has 0 unspecified atom stereocenters. The minimum Gasteiger partial charge on any atom is -0.481 e. The number of aromatic nitrogens is 1. The summed E-state index contributed by atoms with van der Waals surface area (Å²) < 4.78 is 5.02. The van der Waals surface area contributed by atoms with Crippen LogP contribution in [0, 0.1) is 0 Å². The number of nitrogens with zero attached hydrogens (tertiary/aromatic N) is 1. The van der Waals surface area contributed by atoms with Gasteiger partial charge in [-0.05, 0) is 11.6 Å². The molecule has 2 aromatic rings. The lowest BCUT2D eigenvalue weighted by Crippen LogP contribution is -2.03. The number of ether oxygens (including phenoxy) is 1. The van der Waals surface area contributed by atoms with Crippen molar-refractivity contribution in [2.24, 2.45) is 0 Å². The smallest absolute Gasteiger partial charge is 0.307 e. The first kappa shape index (κ1) is 15.9. The third-order valence-corrected chi connectivity index (χ3v) is 4.13. The molecule has 1 aromatic heterocycles. The van der Waals surface area contributed by atoms with E-state index in [4.69, 9.17) is 44.6 Å². The molecule has 0 saturated heterocycles. The molecule has 0 fully saturated rings. The lowest BCUT2D eigenvalue weighted by molar-refractivity contribution is -0.136. The normalized spacial score (nSPS) is 10.5. The molecule has 110 valence electrons. The highest BCUT2D eigenvalue weighted by Gasteiger charge is 2.16. The number of methoxy groups -OCH3 is 1. The van der Waals surface area contributed by atoms with E-state index in [9.17, 15) is 4.79 Å². The first-order valence-corrected chi connectivity index (χ1v) is 6.96. The van der Waals surface area contributed by atoms with Gasteiger partial charge in [-0.15, -0.1) is 0 Å². The number of aliphatic carboxylic acids is 1. The van der Waals surface area contributed by atoms with E-state index in [0.717, 1.165) is 0 Å². The summed E-state index contributed by atoms with van der Waals surface area (Å²) in [6.07, 6.45) is 1.31. The van der Waals surface area contributed by atoms with Gasteiger partial charge in [0.1, 0.15) is 0 Å². The zero-order valence-corrected chi connectivity index (χ0v) is 13.1. The lowest BCUT2D eigenvalue weighted by Gasteiger charge is -2.12. The van der Waals surface area contributed by atoms with E-state index in [1.54, 1.807) is 18.2 Å². The highest BCUT2D eigenvalue weighted by atomic mass is 35.5. The summed E-state index contributed by atoms with van der Waals surface area (Å²) in [6.45, 7) is 0. The maximum atomic E-state index is 11.0. The van der Waals surface area contributed by atoms with Crippen LogP contribution in [0.2, 0.25) is 15.1 Å². The summed E-state index contributed by atoms with van der Waals surface area (Å²) in [6, 6.07) is 4.83. The van der Waals surface area contributed by atoms with Crippen LogP contribution in [-0.4, -0.2) is 23.2 Å². The van der Waals surface area contributed by atoms with Gasteiger partial charge >= 0.3 is 5.97 Å². The van der Waals surface area contributed by atoms with Gasteiger partial charge in [0.15, 0.2) is 0 Å². The molecular formula is C14H10Cl3NO3. The van der Waals surface area contributed by atoms with E-state index in [0.29, 0.717) is 27.6 Å². The summed E-state index contributed by atoms with van der Waals surface area (Å²) in [5.74, 6) is -0.646. The second-order valence-electron chi connectivity index (χ2n) is 4.18. The third-order valence-electron chi connectivity index (χ3n) is 2.84. The fourth-order valence-corrected chi connectivity index (χ4v) is 2.51. The van der Waals surface area contributed by atoms with Crippen molar-refractivity contribution in [1.29, 1.82) is 0 Å². The molecular weight excluding hydrogens is 337 g/mol. The number of hydrogen-bond donors (Lipinski definition) is 1. The molecule has 0 aliphatic carbocycles. The predicted molar refractivity (Wildman–Crippen MR) is 82.6 cm³/mol. The van der Waals surface area contributed by atoms with Crippen molar-refractivity contribution < 1.29 is 14.6 Å². The van der Waals surface area contributed by atoms with Crippen LogP contribution in [-0.2, 0) is 11.2 Å². The average Bonchev–Trinajstić information content (AvgIpc) is 2.45. The van der Waals surface area contributed by atoms with Crippen molar-refractivity contribution >= 4 is 40.8 Å². The Morgan fingerprint density at radius 2 is 1.95 bits per heavy atom. The van der Waals surface area contributed by atoms with Crippen molar-refractivity contribution in [3.8, 4) is 17.0 Å². The fraction of sp³-hybridized carbons (Fsp3) is 0.143. The average molecular weight is 347 g/mol. The Kier molecular flexibility index (Phi) is 4.93. The largest absolute Gasteiger partial charge is 0.481 e. The van der Waals surface area contributed by atoms with Crippen LogP contribution in [0.4, 0.5) is 0 Å². The molecule has 0 saturated carbocycles. The van der Waals surface area contributed by atoms with Gasteiger partial charge in [0.25, 0.3) is 0 Å². The van der Waals surface area contributed by atoms with Gasteiger partial charge in [-0.25, -0.2) is 4.98 Å². The Labute approximate surface area is 136 Å². The van der Waals surface area contributed by atoms with E-state index < -0.39 is 5.97 Å². The van der Waals surface area contributed by atoms with Gasteiger partial charge in [0.2, 0.25) is 5.88 Å². The number of benzene rings is 1. The lowest BCUT2D eigenvalue weighted by atomic mass is 10.00. The summed E-state index contributed by atoms with van der Waals surface area (Å²) in [5, 5.41) is 9.82. The Balaban J connectivity index is 2.62. The van der Waals surface area contributed by atoms with Gasteiger partial charge in [0.05, 0.1) is 28.6 Å². The number of rotatable bonds is 4. The summed E-state index contributed by atoms with van der Waals surface area (Å²) in [4.78, 5) is 15.1. The molecule has 0 amide bonds. The second kappa shape index (κ2) is 6.52. The fourth-order valence-electron chi connectivity index (χ4n) is 1.87. The van der Waals surface area contributed by atoms with Crippen LogP contribution in [0.5, 0.6) is 5.88 Å². The zero-order valence-electron chi connectivity index (χ0n) is 10.9. The molecule has 0 aliphatic heterocycles. The third kappa shape index (κ3) is 3.40. The molecule has 7 heteroatoms. The molecule has 0 spiro atoms.